The fourth-order valence-corrected chi connectivity index (χ4v) is 5.22. The van der Waals surface area contributed by atoms with E-state index in [-0.39, 0.29) is 81.9 Å². The molecule has 0 aromatic rings. The highest BCUT2D eigenvalue weighted by molar-refractivity contribution is 6.12. The van der Waals surface area contributed by atoms with Crippen LogP contribution in [0.2, 0.25) is 0 Å². The summed E-state index contributed by atoms with van der Waals surface area (Å²) >= 11 is 0. The molecule has 0 atom stereocenters. The molecule has 384 valence electrons. The summed E-state index contributed by atoms with van der Waals surface area (Å²) in [6, 6.07) is 0. The Labute approximate surface area is 391 Å². The molecule has 1 rings (SSSR count). The third-order valence-corrected chi connectivity index (χ3v) is 8.27. The van der Waals surface area contributed by atoms with E-state index in [1.165, 1.54) is 12.2 Å². The number of carbonyl (C=O) groups is 5. The summed E-state index contributed by atoms with van der Waals surface area (Å²) in [6.45, 7) is 20.0. The van der Waals surface area contributed by atoms with E-state index in [4.69, 9.17) is 66.3 Å². The van der Waals surface area contributed by atoms with Gasteiger partial charge in [-0.2, -0.15) is 0 Å². The molecule has 21 heteroatoms. The van der Waals surface area contributed by atoms with E-state index in [0.717, 1.165) is 4.90 Å². The largest absolute Gasteiger partial charge is 0.460 e. The average Bonchev–Trinajstić information content (AvgIpc) is 3.57. The molecule has 0 radical (unpaired) electrons. The minimum Gasteiger partial charge on any atom is -0.460 e. The average molecular weight is 953 g/mol. The van der Waals surface area contributed by atoms with Crippen LogP contribution in [0.25, 0.3) is 0 Å². The second kappa shape index (κ2) is 39.8. The number of rotatable bonds is 45. The van der Waals surface area contributed by atoms with Gasteiger partial charge in [-0.15, -0.1) is 0 Å². The first-order chi connectivity index (χ1) is 31.7. The van der Waals surface area contributed by atoms with Crippen molar-refractivity contribution in [3.05, 3.63) is 12.2 Å². The second-order valence-corrected chi connectivity index (χ2v) is 16.3. The van der Waals surface area contributed by atoms with Crippen LogP contribution in [0, 0.1) is 0 Å². The van der Waals surface area contributed by atoms with Crippen LogP contribution in [0.4, 0.5) is 0 Å². The molecule has 3 amide bonds. The van der Waals surface area contributed by atoms with E-state index in [0.29, 0.717) is 145 Å². The van der Waals surface area contributed by atoms with Crippen molar-refractivity contribution in [1.82, 2.24) is 9.80 Å². The molecule has 66 heavy (non-hydrogen) atoms. The quantitative estimate of drug-likeness (QED) is 0.0482. The number of nitrogens with zero attached hydrogens (tertiary/aromatic N) is 2. The van der Waals surface area contributed by atoms with Gasteiger partial charge in [0, 0.05) is 25.2 Å². The van der Waals surface area contributed by atoms with Gasteiger partial charge in [0.2, 0.25) is 5.91 Å². The molecule has 0 aliphatic carbocycles. The van der Waals surface area contributed by atoms with Crippen molar-refractivity contribution >= 4 is 29.7 Å². The molecule has 0 saturated carbocycles. The normalized spacial score (nSPS) is 13.0. The number of ether oxygens (including phenoxy) is 14. The molecule has 0 N–H and O–H groups in total. The predicted molar refractivity (Wildman–Crippen MR) is 238 cm³/mol. The van der Waals surface area contributed by atoms with Crippen LogP contribution in [0.1, 0.15) is 60.8 Å². The van der Waals surface area contributed by atoms with Crippen molar-refractivity contribution in [2.24, 2.45) is 0 Å². The Morgan fingerprint density at radius 3 is 0.955 bits per heavy atom. The van der Waals surface area contributed by atoms with Crippen molar-refractivity contribution in [3.63, 3.8) is 0 Å². The molecule has 0 unspecified atom stereocenters. The van der Waals surface area contributed by atoms with Gasteiger partial charge in [0.25, 0.3) is 11.8 Å². The molecule has 0 aromatic carbocycles. The Morgan fingerprint density at radius 1 is 0.394 bits per heavy atom. The summed E-state index contributed by atoms with van der Waals surface area (Å²) in [4.78, 5) is 62.4. The van der Waals surface area contributed by atoms with E-state index < -0.39 is 11.2 Å². The third-order valence-electron chi connectivity index (χ3n) is 8.27. The Hall–Kier alpha value is -3.19. The Bertz CT molecular complexity index is 1230. The number of carbonyl (C=O) groups excluding carboxylic acids is 5. The van der Waals surface area contributed by atoms with Crippen molar-refractivity contribution in [1.29, 1.82) is 0 Å². The molecular weight excluding hydrogens is 872 g/mol. The van der Waals surface area contributed by atoms with Crippen molar-refractivity contribution in [2.75, 3.05) is 178 Å². The molecule has 0 bridgehead atoms. The number of hydrogen-bond acceptors (Lipinski definition) is 19. The van der Waals surface area contributed by atoms with Gasteiger partial charge in [-0.05, 0) is 41.5 Å². The minimum absolute atomic E-state index is 0.0986. The van der Waals surface area contributed by atoms with Crippen molar-refractivity contribution in [2.45, 2.75) is 72.0 Å². The van der Waals surface area contributed by atoms with Crippen LogP contribution in [-0.2, 0) is 90.3 Å². The third kappa shape index (κ3) is 38.9. The van der Waals surface area contributed by atoms with E-state index in [1.807, 2.05) is 41.5 Å². The predicted octanol–water partition coefficient (Wildman–Crippen LogP) is 1.79. The van der Waals surface area contributed by atoms with Crippen LogP contribution in [0.3, 0.4) is 0 Å². The first-order valence-electron chi connectivity index (χ1n) is 22.9. The zero-order valence-electron chi connectivity index (χ0n) is 40.5. The molecule has 0 aromatic heterocycles. The highest BCUT2D eigenvalue weighted by Gasteiger charge is 2.22. The monoisotopic (exact) mass is 953 g/mol. The Kier molecular flexibility index (Phi) is 36.7. The summed E-state index contributed by atoms with van der Waals surface area (Å²) in [6.07, 6.45) is 3.03. The highest BCUT2D eigenvalue weighted by atomic mass is 16.6. The van der Waals surface area contributed by atoms with E-state index >= 15 is 0 Å². The first-order valence-corrected chi connectivity index (χ1v) is 22.9. The number of amides is 3. The molecule has 1 heterocycles. The summed E-state index contributed by atoms with van der Waals surface area (Å²) < 4.78 is 76.9. The van der Waals surface area contributed by atoms with Gasteiger partial charge in [0.1, 0.15) is 11.2 Å². The lowest BCUT2D eigenvalue weighted by Gasteiger charge is -2.23. The molecule has 21 nitrogen and oxygen atoms in total. The molecule has 0 spiro atoms. The lowest BCUT2D eigenvalue weighted by Crippen LogP contribution is -2.37. The fraction of sp³-hybridized carbons (Fsp3) is 0.844. The fourth-order valence-electron chi connectivity index (χ4n) is 5.22. The second-order valence-electron chi connectivity index (χ2n) is 16.3. The highest BCUT2D eigenvalue weighted by Crippen LogP contribution is 2.09. The van der Waals surface area contributed by atoms with E-state index in [2.05, 4.69) is 0 Å². The maximum atomic E-state index is 13.1. The lowest BCUT2D eigenvalue weighted by molar-refractivity contribution is -0.157. The molecule has 1 aliphatic rings. The molecular formula is C45H80N2O19. The first kappa shape index (κ1) is 60.8. The van der Waals surface area contributed by atoms with Crippen molar-refractivity contribution < 1.29 is 90.3 Å². The number of esters is 2. The standard InChI is InChI=1S/C45H80N2O19/c1-44(2,3)65-42(51)10-16-54-22-28-60-34-36-62-30-24-56-18-12-46(13-19-57-25-31-63-37-35-61-29-23-55-17-11-43(52)66-45(4,5)6)39(48)9-15-53-21-27-59-33-38-64-32-26-58-20-14-47-40(49)7-8-41(47)50/h7-8H,9-38H2,1-6H3. The van der Waals surface area contributed by atoms with Crippen LogP contribution >= 0.6 is 0 Å². The van der Waals surface area contributed by atoms with Crippen LogP contribution < -0.4 is 0 Å². The minimum atomic E-state index is -0.515. The molecule has 1 aliphatic heterocycles. The smallest absolute Gasteiger partial charge is 0.308 e. The summed E-state index contributed by atoms with van der Waals surface area (Å²) in [5, 5.41) is 0. The summed E-state index contributed by atoms with van der Waals surface area (Å²) in [5.41, 5.74) is -1.03. The van der Waals surface area contributed by atoms with Gasteiger partial charge in [-0.25, -0.2) is 0 Å². The van der Waals surface area contributed by atoms with Gasteiger partial charge < -0.3 is 71.2 Å². The van der Waals surface area contributed by atoms with Crippen molar-refractivity contribution in [3.8, 4) is 0 Å². The SMILES string of the molecule is CC(C)(C)OC(=O)CCOCCOCCOCCOCCN(CCOCCOCCOCCOCCC(=O)OC(C)(C)C)C(=O)CCOCCOCCOCCOCCN1C(=O)C=CC1=O. The summed E-state index contributed by atoms with van der Waals surface area (Å²) in [7, 11) is 0. The lowest BCUT2D eigenvalue weighted by atomic mass is 10.2. The van der Waals surface area contributed by atoms with Crippen LogP contribution in [-0.4, -0.2) is 229 Å². The maximum absolute atomic E-state index is 13.1. The van der Waals surface area contributed by atoms with Crippen LogP contribution in [0.15, 0.2) is 12.2 Å². The molecule has 0 saturated heterocycles. The maximum Gasteiger partial charge on any atom is 0.308 e. The van der Waals surface area contributed by atoms with E-state index in [1.54, 1.807) is 4.90 Å². The van der Waals surface area contributed by atoms with Gasteiger partial charge in [-0.1, -0.05) is 0 Å². The Morgan fingerprint density at radius 2 is 0.652 bits per heavy atom. The van der Waals surface area contributed by atoms with Crippen LogP contribution in [0.5, 0.6) is 0 Å². The topological polar surface area (TPSA) is 221 Å². The van der Waals surface area contributed by atoms with Gasteiger partial charge in [0.05, 0.1) is 184 Å². The van der Waals surface area contributed by atoms with E-state index in [9.17, 15) is 24.0 Å². The molecule has 0 fully saturated rings. The number of imide groups is 1. The number of hydrogen-bond donors (Lipinski definition) is 0. The van der Waals surface area contributed by atoms with Gasteiger partial charge in [0.15, 0.2) is 0 Å². The van der Waals surface area contributed by atoms with Gasteiger partial charge in [-0.3, -0.25) is 28.9 Å². The van der Waals surface area contributed by atoms with Gasteiger partial charge >= 0.3 is 11.9 Å². The Balaban J connectivity index is 2.18. The summed E-state index contributed by atoms with van der Waals surface area (Å²) in [5.74, 6) is -1.36. The zero-order valence-corrected chi connectivity index (χ0v) is 40.5. The zero-order chi connectivity index (χ0) is 48.6.